The van der Waals surface area contributed by atoms with Crippen LogP contribution in [0.1, 0.15) is 36.4 Å². The first-order valence-corrected chi connectivity index (χ1v) is 7.92. The van der Waals surface area contributed by atoms with Gasteiger partial charge in [0.05, 0.1) is 23.6 Å². The Bertz CT molecular complexity index is 846. The topological polar surface area (TPSA) is 80.1 Å². The molecule has 0 radical (unpaired) electrons. The second kappa shape index (κ2) is 6.29. The van der Waals surface area contributed by atoms with Gasteiger partial charge in [0.2, 0.25) is 0 Å². The van der Waals surface area contributed by atoms with Gasteiger partial charge in [-0.3, -0.25) is 4.90 Å². The molecule has 0 spiro atoms. The number of hydrogen-bond acceptors (Lipinski definition) is 6. The quantitative estimate of drug-likeness (QED) is 0.774. The Labute approximate surface area is 137 Å². The van der Waals surface area contributed by atoms with Gasteiger partial charge in [0.25, 0.3) is 5.89 Å². The van der Waals surface area contributed by atoms with E-state index in [9.17, 15) is 4.39 Å². The van der Waals surface area contributed by atoms with E-state index in [0.717, 1.165) is 36.2 Å². The van der Waals surface area contributed by atoms with Crippen LogP contribution >= 0.6 is 0 Å². The average molecular weight is 331 g/mol. The van der Waals surface area contributed by atoms with Crippen molar-refractivity contribution in [1.29, 1.82) is 0 Å². The van der Waals surface area contributed by atoms with Gasteiger partial charge in [-0.05, 0) is 37.6 Å². The second-order valence-electron chi connectivity index (χ2n) is 5.95. The summed E-state index contributed by atoms with van der Waals surface area (Å²) >= 11 is 0. The van der Waals surface area contributed by atoms with Crippen LogP contribution in [0.15, 0.2) is 22.7 Å². The summed E-state index contributed by atoms with van der Waals surface area (Å²) < 4.78 is 23.5. The van der Waals surface area contributed by atoms with Crippen LogP contribution < -0.4 is 0 Å². The third-order valence-corrected chi connectivity index (χ3v) is 4.26. The number of hydrogen-bond donors (Lipinski definition) is 1. The number of aromatic nitrogens is 4. The Hall–Kier alpha value is -2.32. The van der Waals surface area contributed by atoms with E-state index in [2.05, 4.69) is 25.0 Å². The predicted molar refractivity (Wildman–Crippen MR) is 83.4 cm³/mol. The molecule has 8 heteroatoms. The van der Waals surface area contributed by atoms with Crippen molar-refractivity contribution in [3.05, 3.63) is 41.6 Å². The van der Waals surface area contributed by atoms with Crippen LogP contribution in [0, 0.1) is 5.82 Å². The van der Waals surface area contributed by atoms with Crippen LogP contribution in [-0.4, -0.2) is 38.7 Å². The number of nitrogens with one attached hydrogen (secondary N) is 1. The maximum atomic E-state index is 13.4. The first-order valence-electron chi connectivity index (χ1n) is 7.92. The molecule has 1 aliphatic heterocycles. The lowest BCUT2D eigenvalue weighted by Crippen LogP contribution is -2.24. The van der Waals surface area contributed by atoms with Gasteiger partial charge < -0.3 is 14.2 Å². The van der Waals surface area contributed by atoms with Gasteiger partial charge in [-0.15, -0.1) is 0 Å². The number of imidazole rings is 1. The third-order valence-electron chi connectivity index (χ3n) is 4.26. The molecule has 1 saturated heterocycles. The number of benzene rings is 1. The zero-order valence-corrected chi connectivity index (χ0v) is 13.3. The lowest BCUT2D eigenvalue weighted by molar-refractivity contribution is 0.151. The van der Waals surface area contributed by atoms with E-state index in [1.54, 1.807) is 13.2 Å². The fraction of sp³-hybridized carbons (Fsp3) is 0.438. The SMILES string of the molecule is COCc1nc(CN2CCCC2c2nc3ccc(F)cc3[nH]2)no1. The second-order valence-corrected chi connectivity index (χ2v) is 5.95. The third kappa shape index (κ3) is 2.90. The smallest absolute Gasteiger partial charge is 0.252 e. The van der Waals surface area contributed by atoms with Gasteiger partial charge in [-0.2, -0.15) is 4.98 Å². The summed E-state index contributed by atoms with van der Waals surface area (Å²) in [6, 6.07) is 4.74. The van der Waals surface area contributed by atoms with Crippen molar-refractivity contribution in [3.63, 3.8) is 0 Å². The zero-order valence-electron chi connectivity index (χ0n) is 13.3. The molecule has 0 aliphatic carbocycles. The summed E-state index contributed by atoms with van der Waals surface area (Å²) in [5.74, 6) is 1.70. The minimum absolute atomic E-state index is 0.143. The predicted octanol–water partition coefficient (Wildman–Crippen LogP) is 2.57. The molecule has 126 valence electrons. The molecule has 1 N–H and O–H groups in total. The minimum Gasteiger partial charge on any atom is -0.375 e. The summed E-state index contributed by atoms with van der Waals surface area (Å²) in [4.78, 5) is 14.4. The largest absolute Gasteiger partial charge is 0.375 e. The first-order chi connectivity index (χ1) is 11.7. The molecule has 4 rings (SSSR count). The molecule has 24 heavy (non-hydrogen) atoms. The Balaban J connectivity index is 1.54. The van der Waals surface area contributed by atoms with E-state index < -0.39 is 0 Å². The molecule has 1 fully saturated rings. The number of rotatable bonds is 5. The van der Waals surface area contributed by atoms with Crippen LogP contribution in [0.3, 0.4) is 0 Å². The van der Waals surface area contributed by atoms with Crippen molar-refractivity contribution in [2.24, 2.45) is 0 Å². The number of nitrogens with zero attached hydrogens (tertiary/aromatic N) is 4. The van der Waals surface area contributed by atoms with Crippen LogP contribution in [-0.2, 0) is 17.9 Å². The van der Waals surface area contributed by atoms with E-state index in [1.165, 1.54) is 12.1 Å². The monoisotopic (exact) mass is 331 g/mol. The number of aromatic amines is 1. The summed E-state index contributed by atoms with van der Waals surface area (Å²) in [5.41, 5.74) is 1.50. The van der Waals surface area contributed by atoms with E-state index >= 15 is 0 Å². The van der Waals surface area contributed by atoms with Crippen molar-refractivity contribution >= 4 is 11.0 Å². The van der Waals surface area contributed by atoms with Crippen LogP contribution in [0.4, 0.5) is 4.39 Å². The number of ether oxygens (including phenoxy) is 1. The maximum absolute atomic E-state index is 13.4. The van der Waals surface area contributed by atoms with Gasteiger partial charge in [-0.1, -0.05) is 5.16 Å². The molecule has 1 unspecified atom stereocenters. The molecule has 1 atom stereocenters. The highest BCUT2D eigenvalue weighted by atomic mass is 19.1. The van der Waals surface area contributed by atoms with Gasteiger partial charge in [0.15, 0.2) is 5.82 Å². The number of methoxy groups -OCH3 is 1. The van der Waals surface area contributed by atoms with Crippen LogP contribution in [0.25, 0.3) is 11.0 Å². The summed E-state index contributed by atoms with van der Waals surface area (Å²) in [7, 11) is 1.59. The van der Waals surface area contributed by atoms with E-state index in [1.807, 2.05) is 0 Å². The Morgan fingerprint density at radius 2 is 2.33 bits per heavy atom. The highest BCUT2D eigenvalue weighted by Gasteiger charge is 2.29. The standard InChI is InChI=1S/C16H18FN5O2/c1-23-9-15-20-14(21-24-15)8-22-6-2-3-13(22)16-18-11-5-4-10(17)7-12(11)19-16/h4-5,7,13H,2-3,6,8-9H2,1H3,(H,18,19). The van der Waals surface area contributed by atoms with E-state index in [0.29, 0.717) is 24.9 Å². The lowest BCUT2D eigenvalue weighted by Gasteiger charge is -2.20. The maximum Gasteiger partial charge on any atom is 0.252 e. The number of H-pyrrole nitrogens is 1. The molecule has 0 amide bonds. The van der Waals surface area contributed by atoms with Crippen molar-refractivity contribution in [2.45, 2.75) is 32.0 Å². The van der Waals surface area contributed by atoms with Gasteiger partial charge in [0, 0.05) is 7.11 Å². The molecular formula is C16H18FN5O2. The van der Waals surface area contributed by atoms with E-state index in [4.69, 9.17) is 9.26 Å². The van der Waals surface area contributed by atoms with Crippen molar-refractivity contribution < 1.29 is 13.7 Å². The molecule has 1 aromatic carbocycles. The molecule has 0 bridgehead atoms. The van der Waals surface area contributed by atoms with Crippen molar-refractivity contribution in [2.75, 3.05) is 13.7 Å². The number of likely N-dealkylation sites (tertiary alicyclic amines) is 1. The van der Waals surface area contributed by atoms with Gasteiger partial charge in [0.1, 0.15) is 18.2 Å². The Kier molecular flexibility index (Phi) is 3.99. The highest BCUT2D eigenvalue weighted by Crippen LogP contribution is 2.32. The fourth-order valence-corrected chi connectivity index (χ4v) is 3.20. The average Bonchev–Trinajstić information content (AvgIpc) is 3.27. The van der Waals surface area contributed by atoms with Crippen molar-refractivity contribution in [3.8, 4) is 0 Å². The zero-order chi connectivity index (χ0) is 16.5. The molecular weight excluding hydrogens is 313 g/mol. The summed E-state index contributed by atoms with van der Waals surface area (Å²) in [6.45, 7) is 1.83. The Morgan fingerprint density at radius 1 is 1.42 bits per heavy atom. The Morgan fingerprint density at radius 3 is 3.21 bits per heavy atom. The molecule has 1 aliphatic rings. The van der Waals surface area contributed by atoms with E-state index in [-0.39, 0.29) is 11.9 Å². The highest BCUT2D eigenvalue weighted by molar-refractivity contribution is 5.75. The summed E-state index contributed by atoms with van der Waals surface area (Å²) in [5, 5.41) is 3.99. The number of halogens is 1. The minimum atomic E-state index is -0.265. The molecule has 0 saturated carbocycles. The van der Waals surface area contributed by atoms with Crippen molar-refractivity contribution in [1.82, 2.24) is 25.0 Å². The lowest BCUT2D eigenvalue weighted by atomic mass is 10.2. The molecule has 3 heterocycles. The van der Waals surface area contributed by atoms with Crippen LogP contribution in [0.2, 0.25) is 0 Å². The van der Waals surface area contributed by atoms with Gasteiger partial charge >= 0.3 is 0 Å². The van der Waals surface area contributed by atoms with Gasteiger partial charge in [-0.25, -0.2) is 9.37 Å². The fourth-order valence-electron chi connectivity index (χ4n) is 3.20. The molecule has 7 nitrogen and oxygen atoms in total. The molecule has 3 aromatic rings. The summed E-state index contributed by atoms with van der Waals surface area (Å²) in [6.07, 6.45) is 2.06. The van der Waals surface area contributed by atoms with Crippen LogP contribution in [0.5, 0.6) is 0 Å². The first kappa shape index (κ1) is 15.2. The normalized spacial score (nSPS) is 18.7. The number of fused-ring (bicyclic) bond motifs is 1. The molecule has 2 aromatic heterocycles.